The molecule has 3 nitrogen and oxygen atoms in total. The van der Waals surface area contributed by atoms with Crippen LogP contribution in [0.2, 0.25) is 0 Å². The molecule has 1 N–H and O–H groups in total. The Morgan fingerprint density at radius 3 is 3.00 bits per heavy atom. The lowest BCUT2D eigenvalue weighted by molar-refractivity contribution is -0.128. The summed E-state index contributed by atoms with van der Waals surface area (Å²) in [6.07, 6.45) is 8.25. The van der Waals surface area contributed by atoms with Gasteiger partial charge in [-0.15, -0.1) is 0 Å². The number of unbranched alkanes of at least 4 members (excludes halogenated alkanes) is 1. The lowest BCUT2D eigenvalue weighted by Crippen LogP contribution is -2.32. The average Bonchev–Trinajstić information content (AvgIpc) is 2.57. The van der Waals surface area contributed by atoms with Crippen molar-refractivity contribution in [3.05, 3.63) is 12.2 Å². The van der Waals surface area contributed by atoms with Crippen LogP contribution in [0, 0.1) is 0 Å². The van der Waals surface area contributed by atoms with Crippen LogP contribution in [0.25, 0.3) is 0 Å². The van der Waals surface area contributed by atoms with Crippen LogP contribution < -0.4 is 0 Å². The summed E-state index contributed by atoms with van der Waals surface area (Å²) in [7, 11) is 0. The van der Waals surface area contributed by atoms with Crippen molar-refractivity contribution in [2.45, 2.75) is 58.1 Å². The summed E-state index contributed by atoms with van der Waals surface area (Å²) in [5, 5.41) is 9.15. The quantitative estimate of drug-likeness (QED) is 0.703. The number of nitrogens with zero attached hydrogens (tertiary/aromatic N) is 1. The van der Waals surface area contributed by atoms with E-state index in [1.54, 1.807) is 6.92 Å². The van der Waals surface area contributed by atoms with Crippen LogP contribution in [0.4, 0.5) is 0 Å². The standard InChI is InChI=1S/C13H23NO2/c1-3-4-10-14-12(8-9-13(14)16)7-5-6-11(2)15/h5,7,11-12,15H,3-4,6,8-10H2,1-2H3/b7-5+/t11-,12+/m1/s1. The molecule has 1 amide bonds. The van der Waals surface area contributed by atoms with Crippen LogP contribution in [-0.2, 0) is 4.79 Å². The smallest absolute Gasteiger partial charge is 0.223 e. The van der Waals surface area contributed by atoms with Crippen molar-refractivity contribution >= 4 is 5.91 Å². The van der Waals surface area contributed by atoms with Crippen molar-refractivity contribution < 1.29 is 9.90 Å². The first kappa shape index (κ1) is 13.2. The van der Waals surface area contributed by atoms with Gasteiger partial charge in [-0.05, 0) is 26.2 Å². The molecule has 0 bridgehead atoms. The Kier molecular flexibility index (Phi) is 5.53. The summed E-state index contributed by atoms with van der Waals surface area (Å²) in [4.78, 5) is 13.6. The molecule has 3 heteroatoms. The van der Waals surface area contributed by atoms with Gasteiger partial charge in [-0.25, -0.2) is 0 Å². The molecule has 92 valence electrons. The second-order valence-electron chi connectivity index (χ2n) is 4.56. The first-order chi connectivity index (χ1) is 7.65. The number of carbonyl (C=O) groups excluding carboxylic acids is 1. The zero-order valence-electron chi connectivity index (χ0n) is 10.4. The minimum atomic E-state index is -0.294. The van der Waals surface area contributed by atoms with Crippen LogP contribution >= 0.6 is 0 Å². The Bertz CT molecular complexity index is 248. The highest BCUT2D eigenvalue weighted by Gasteiger charge is 2.27. The van der Waals surface area contributed by atoms with Crippen LogP contribution in [0.15, 0.2) is 12.2 Å². The number of hydrogen-bond donors (Lipinski definition) is 1. The minimum Gasteiger partial charge on any atom is -0.393 e. The van der Waals surface area contributed by atoms with Crippen molar-refractivity contribution in [3.8, 4) is 0 Å². The van der Waals surface area contributed by atoms with E-state index in [9.17, 15) is 4.79 Å². The lowest BCUT2D eigenvalue weighted by Gasteiger charge is -2.22. The topological polar surface area (TPSA) is 40.5 Å². The van der Waals surface area contributed by atoms with Gasteiger partial charge in [0.1, 0.15) is 0 Å². The molecular weight excluding hydrogens is 202 g/mol. The fourth-order valence-electron chi connectivity index (χ4n) is 2.01. The number of aliphatic hydroxyl groups is 1. The Balaban J connectivity index is 2.44. The fourth-order valence-corrected chi connectivity index (χ4v) is 2.01. The second-order valence-corrected chi connectivity index (χ2v) is 4.56. The van der Waals surface area contributed by atoms with E-state index in [1.165, 1.54) is 0 Å². The summed E-state index contributed by atoms with van der Waals surface area (Å²) in [5.41, 5.74) is 0. The highest BCUT2D eigenvalue weighted by Crippen LogP contribution is 2.20. The summed E-state index contributed by atoms with van der Waals surface area (Å²) in [6, 6.07) is 0.262. The molecule has 1 saturated heterocycles. The van der Waals surface area contributed by atoms with E-state index in [2.05, 4.69) is 13.0 Å². The van der Waals surface area contributed by atoms with Gasteiger partial charge in [-0.1, -0.05) is 25.5 Å². The zero-order valence-corrected chi connectivity index (χ0v) is 10.4. The van der Waals surface area contributed by atoms with Gasteiger partial charge < -0.3 is 10.0 Å². The maximum atomic E-state index is 11.6. The third kappa shape index (κ3) is 3.97. The molecular formula is C13H23NO2. The highest BCUT2D eigenvalue weighted by molar-refractivity contribution is 5.79. The van der Waals surface area contributed by atoms with Crippen molar-refractivity contribution in [2.24, 2.45) is 0 Å². The summed E-state index contributed by atoms with van der Waals surface area (Å²) in [6.45, 7) is 4.79. The minimum absolute atomic E-state index is 0.262. The SMILES string of the molecule is CCCCN1C(=O)CC[C@@H]1/C=C/C[C@@H](C)O. The first-order valence-corrected chi connectivity index (χ1v) is 6.29. The summed E-state index contributed by atoms with van der Waals surface area (Å²) in [5.74, 6) is 0.278. The molecule has 0 saturated carbocycles. The van der Waals surface area contributed by atoms with Crippen molar-refractivity contribution in [3.63, 3.8) is 0 Å². The Morgan fingerprint density at radius 2 is 2.38 bits per heavy atom. The van der Waals surface area contributed by atoms with Crippen LogP contribution in [0.5, 0.6) is 0 Å². The lowest BCUT2D eigenvalue weighted by atomic mass is 10.1. The number of amides is 1. The molecule has 0 aromatic heterocycles. The van der Waals surface area contributed by atoms with E-state index in [1.807, 2.05) is 11.0 Å². The first-order valence-electron chi connectivity index (χ1n) is 6.29. The number of aliphatic hydroxyl groups excluding tert-OH is 1. The molecule has 0 aromatic carbocycles. The largest absolute Gasteiger partial charge is 0.393 e. The van der Waals surface area contributed by atoms with Gasteiger partial charge in [0.05, 0.1) is 12.1 Å². The predicted octanol–water partition coefficient (Wildman–Crippen LogP) is 2.10. The van der Waals surface area contributed by atoms with Crippen molar-refractivity contribution in [2.75, 3.05) is 6.54 Å². The van der Waals surface area contributed by atoms with Gasteiger partial charge in [0.15, 0.2) is 0 Å². The fraction of sp³-hybridized carbons (Fsp3) is 0.769. The third-order valence-electron chi connectivity index (χ3n) is 2.96. The molecule has 1 aliphatic heterocycles. The van der Waals surface area contributed by atoms with Crippen LogP contribution in [0.1, 0.15) is 46.0 Å². The molecule has 1 aliphatic rings. The van der Waals surface area contributed by atoms with E-state index in [0.29, 0.717) is 12.8 Å². The van der Waals surface area contributed by atoms with E-state index >= 15 is 0 Å². The van der Waals surface area contributed by atoms with Crippen LogP contribution in [0.3, 0.4) is 0 Å². The number of rotatable bonds is 6. The number of hydrogen-bond acceptors (Lipinski definition) is 2. The maximum absolute atomic E-state index is 11.6. The second kappa shape index (κ2) is 6.69. The van der Waals surface area contributed by atoms with Gasteiger partial charge in [-0.2, -0.15) is 0 Å². The molecule has 1 fully saturated rings. The normalized spacial score (nSPS) is 23.3. The Labute approximate surface area is 98.1 Å². The van der Waals surface area contributed by atoms with Gasteiger partial charge in [-0.3, -0.25) is 4.79 Å². The molecule has 0 aromatic rings. The molecule has 0 aliphatic carbocycles. The molecule has 0 spiro atoms. The van der Waals surface area contributed by atoms with Gasteiger partial charge in [0.2, 0.25) is 5.91 Å². The van der Waals surface area contributed by atoms with E-state index in [-0.39, 0.29) is 18.1 Å². The predicted molar refractivity (Wildman–Crippen MR) is 65.1 cm³/mol. The van der Waals surface area contributed by atoms with Crippen LogP contribution in [-0.4, -0.2) is 34.6 Å². The monoisotopic (exact) mass is 225 g/mol. The van der Waals surface area contributed by atoms with Crippen molar-refractivity contribution in [1.29, 1.82) is 0 Å². The third-order valence-corrected chi connectivity index (χ3v) is 2.96. The molecule has 16 heavy (non-hydrogen) atoms. The maximum Gasteiger partial charge on any atom is 0.223 e. The van der Waals surface area contributed by atoms with E-state index < -0.39 is 0 Å². The molecule has 2 atom stereocenters. The van der Waals surface area contributed by atoms with Crippen molar-refractivity contribution in [1.82, 2.24) is 4.90 Å². The highest BCUT2D eigenvalue weighted by atomic mass is 16.3. The molecule has 0 radical (unpaired) electrons. The van der Waals surface area contributed by atoms with Gasteiger partial charge >= 0.3 is 0 Å². The Morgan fingerprint density at radius 1 is 1.62 bits per heavy atom. The summed E-state index contributed by atoms with van der Waals surface area (Å²) >= 11 is 0. The average molecular weight is 225 g/mol. The zero-order chi connectivity index (χ0) is 12.0. The molecule has 1 heterocycles. The summed E-state index contributed by atoms with van der Waals surface area (Å²) < 4.78 is 0. The van der Waals surface area contributed by atoms with Gasteiger partial charge in [0, 0.05) is 13.0 Å². The molecule has 1 rings (SSSR count). The van der Waals surface area contributed by atoms with E-state index in [0.717, 1.165) is 25.8 Å². The number of carbonyl (C=O) groups is 1. The van der Waals surface area contributed by atoms with E-state index in [4.69, 9.17) is 5.11 Å². The Hall–Kier alpha value is -0.830. The molecule has 0 unspecified atom stereocenters. The van der Waals surface area contributed by atoms with Gasteiger partial charge in [0.25, 0.3) is 0 Å². The number of likely N-dealkylation sites (tertiary alicyclic amines) is 1.